The van der Waals surface area contributed by atoms with Gasteiger partial charge in [-0.3, -0.25) is 4.79 Å². The number of hydrogen-bond donors (Lipinski definition) is 0. The minimum atomic E-state index is -0.526. The second kappa shape index (κ2) is 4.06. The summed E-state index contributed by atoms with van der Waals surface area (Å²) in [5.41, 5.74) is 0. The standard InChI is InChI=1S/C9H11NO3/c1-6-9(13-7(2)11)4-3-8(5-10)12-6/h3-4,6,8-9H,1-2H3/t6-,8?,9+/m0/s1. The summed E-state index contributed by atoms with van der Waals surface area (Å²) < 4.78 is 10.2. The molecule has 1 rings (SSSR count). The lowest BCUT2D eigenvalue weighted by molar-refractivity contribution is -0.151. The zero-order chi connectivity index (χ0) is 9.84. The summed E-state index contributed by atoms with van der Waals surface area (Å²) in [6.07, 6.45) is 2.11. The summed E-state index contributed by atoms with van der Waals surface area (Å²) in [5, 5.41) is 8.54. The Kier molecular flexibility index (Phi) is 3.04. The van der Waals surface area contributed by atoms with Crippen molar-refractivity contribution in [1.29, 1.82) is 5.26 Å². The zero-order valence-corrected chi connectivity index (χ0v) is 7.56. The Labute approximate surface area is 76.7 Å². The number of nitriles is 1. The van der Waals surface area contributed by atoms with E-state index in [-0.39, 0.29) is 18.2 Å². The van der Waals surface area contributed by atoms with Crippen LogP contribution in [-0.2, 0) is 14.3 Å². The second-order valence-electron chi connectivity index (χ2n) is 2.85. The van der Waals surface area contributed by atoms with Crippen molar-refractivity contribution in [2.45, 2.75) is 32.2 Å². The summed E-state index contributed by atoms with van der Waals surface area (Å²) in [5.74, 6) is -0.347. The molecule has 0 N–H and O–H groups in total. The predicted octanol–water partition coefficient (Wildman–Crippen LogP) is 0.785. The molecule has 0 bridgehead atoms. The topological polar surface area (TPSA) is 59.3 Å². The molecule has 0 spiro atoms. The maximum Gasteiger partial charge on any atom is 0.303 e. The Hall–Kier alpha value is -1.34. The number of ether oxygens (including phenoxy) is 2. The van der Waals surface area contributed by atoms with Crippen LogP contribution in [0.2, 0.25) is 0 Å². The Bertz CT molecular complexity index is 267. The summed E-state index contributed by atoms with van der Waals surface area (Å²) in [7, 11) is 0. The monoisotopic (exact) mass is 181 g/mol. The van der Waals surface area contributed by atoms with Crippen molar-refractivity contribution in [3.63, 3.8) is 0 Å². The number of carbonyl (C=O) groups is 1. The predicted molar refractivity (Wildman–Crippen MR) is 44.6 cm³/mol. The van der Waals surface area contributed by atoms with Gasteiger partial charge >= 0.3 is 5.97 Å². The van der Waals surface area contributed by atoms with Gasteiger partial charge in [-0.05, 0) is 19.1 Å². The van der Waals surface area contributed by atoms with Crippen LogP contribution in [0.25, 0.3) is 0 Å². The molecule has 0 radical (unpaired) electrons. The Morgan fingerprint density at radius 3 is 2.77 bits per heavy atom. The number of carbonyl (C=O) groups excluding carboxylic acids is 1. The van der Waals surface area contributed by atoms with E-state index in [9.17, 15) is 4.79 Å². The second-order valence-corrected chi connectivity index (χ2v) is 2.85. The van der Waals surface area contributed by atoms with Crippen LogP contribution in [0.1, 0.15) is 13.8 Å². The third-order valence-electron chi connectivity index (χ3n) is 1.73. The van der Waals surface area contributed by atoms with Crippen LogP contribution < -0.4 is 0 Å². The lowest BCUT2D eigenvalue weighted by Crippen LogP contribution is -2.35. The summed E-state index contributed by atoms with van der Waals surface area (Å²) in [6, 6.07) is 1.96. The van der Waals surface area contributed by atoms with Crippen LogP contribution in [0.4, 0.5) is 0 Å². The number of hydrogen-bond acceptors (Lipinski definition) is 4. The number of esters is 1. The third kappa shape index (κ3) is 2.56. The molecule has 3 atom stereocenters. The highest BCUT2D eigenvalue weighted by Gasteiger charge is 2.25. The molecule has 1 unspecified atom stereocenters. The number of rotatable bonds is 1. The maximum atomic E-state index is 10.6. The van der Waals surface area contributed by atoms with Crippen LogP contribution in [0.5, 0.6) is 0 Å². The first-order valence-electron chi connectivity index (χ1n) is 4.04. The van der Waals surface area contributed by atoms with E-state index in [0.29, 0.717) is 0 Å². The van der Waals surface area contributed by atoms with Crippen molar-refractivity contribution in [3.8, 4) is 6.07 Å². The van der Waals surface area contributed by atoms with Gasteiger partial charge in [0.05, 0.1) is 12.2 Å². The molecule has 1 aliphatic heterocycles. The SMILES string of the molecule is CC(=O)O[C@@H]1C=CC(C#N)O[C@H]1C. The smallest absolute Gasteiger partial charge is 0.303 e. The Morgan fingerprint density at radius 1 is 1.62 bits per heavy atom. The van der Waals surface area contributed by atoms with E-state index >= 15 is 0 Å². The Morgan fingerprint density at radius 2 is 2.31 bits per heavy atom. The zero-order valence-electron chi connectivity index (χ0n) is 7.56. The molecule has 0 aromatic rings. The molecule has 1 aliphatic rings. The van der Waals surface area contributed by atoms with E-state index in [1.807, 2.05) is 6.07 Å². The van der Waals surface area contributed by atoms with Gasteiger partial charge in [0.15, 0.2) is 6.10 Å². The Balaban J connectivity index is 2.60. The average molecular weight is 181 g/mol. The summed E-state index contributed by atoms with van der Waals surface area (Å²) in [4.78, 5) is 10.6. The van der Waals surface area contributed by atoms with Crippen LogP contribution in [0.15, 0.2) is 12.2 Å². The van der Waals surface area contributed by atoms with Crippen molar-refractivity contribution in [2.24, 2.45) is 0 Å². The third-order valence-corrected chi connectivity index (χ3v) is 1.73. The molecule has 4 heteroatoms. The molecule has 0 saturated heterocycles. The van der Waals surface area contributed by atoms with Crippen LogP contribution in [0.3, 0.4) is 0 Å². The number of nitrogens with zero attached hydrogens (tertiary/aromatic N) is 1. The minimum absolute atomic E-state index is 0.265. The van der Waals surface area contributed by atoms with E-state index < -0.39 is 6.10 Å². The van der Waals surface area contributed by atoms with E-state index in [2.05, 4.69) is 0 Å². The molecule has 0 aliphatic carbocycles. The first kappa shape index (κ1) is 9.75. The highest BCUT2D eigenvalue weighted by atomic mass is 16.6. The van der Waals surface area contributed by atoms with Gasteiger partial charge in [0, 0.05) is 6.92 Å². The fourth-order valence-electron chi connectivity index (χ4n) is 1.12. The highest BCUT2D eigenvalue weighted by molar-refractivity contribution is 5.66. The van der Waals surface area contributed by atoms with Crippen LogP contribution >= 0.6 is 0 Å². The van der Waals surface area contributed by atoms with E-state index in [4.69, 9.17) is 14.7 Å². The molecule has 13 heavy (non-hydrogen) atoms. The van der Waals surface area contributed by atoms with Gasteiger partial charge in [-0.25, -0.2) is 0 Å². The van der Waals surface area contributed by atoms with Gasteiger partial charge in [0.2, 0.25) is 0 Å². The first-order chi connectivity index (χ1) is 6.13. The van der Waals surface area contributed by atoms with Gasteiger partial charge in [0.25, 0.3) is 0 Å². The van der Waals surface area contributed by atoms with E-state index in [0.717, 1.165) is 0 Å². The molecular formula is C9H11NO3. The lowest BCUT2D eigenvalue weighted by Gasteiger charge is -2.26. The fourth-order valence-corrected chi connectivity index (χ4v) is 1.12. The quantitative estimate of drug-likeness (QED) is 0.443. The normalized spacial score (nSPS) is 32.2. The maximum absolute atomic E-state index is 10.6. The van der Waals surface area contributed by atoms with Crippen LogP contribution in [-0.4, -0.2) is 24.3 Å². The van der Waals surface area contributed by atoms with Gasteiger partial charge in [-0.15, -0.1) is 0 Å². The molecule has 0 amide bonds. The van der Waals surface area contributed by atoms with Gasteiger partial charge in [-0.2, -0.15) is 5.26 Å². The summed E-state index contributed by atoms with van der Waals surface area (Å²) in [6.45, 7) is 3.11. The van der Waals surface area contributed by atoms with Crippen molar-refractivity contribution < 1.29 is 14.3 Å². The van der Waals surface area contributed by atoms with Crippen molar-refractivity contribution in [1.82, 2.24) is 0 Å². The molecule has 0 fully saturated rings. The minimum Gasteiger partial charge on any atom is -0.456 e. The van der Waals surface area contributed by atoms with Crippen LogP contribution in [0, 0.1) is 11.3 Å². The van der Waals surface area contributed by atoms with Crippen molar-refractivity contribution >= 4 is 5.97 Å². The van der Waals surface area contributed by atoms with Gasteiger partial charge < -0.3 is 9.47 Å². The molecule has 1 heterocycles. The lowest BCUT2D eigenvalue weighted by atomic mass is 10.1. The van der Waals surface area contributed by atoms with E-state index in [1.165, 1.54) is 6.92 Å². The molecule has 0 aromatic heterocycles. The van der Waals surface area contributed by atoms with Gasteiger partial charge in [-0.1, -0.05) is 0 Å². The molecular weight excluding hydrogens is 170 g/mol. The summed E-state index contributed by atoms with van der Waals surface area (Å²) >= 11 is 0. The molecule has 0 saturated carbocycles. The molecule has 0 aromatic carbocycles. The van der Waals surface area contributed by atoms with E-state index in [1.54, 1.807) is 19.1 Å². The van der Waals surface area contributed by atoms with Crippen molar-refractivity contribution in [2.75, 3.05) is 0 Å². The average Bonchev–Trinajstić information content (AvgIpc) is 2.08. The fraction of sp³-hybridized carbons (Fsp3) is 0.556. The highest BCUT2D eigenvalue weighted by Crippen LogP contribution is 2.15. The largest absolute Gasteiger partial charge is 0.456 e. The van der Waals surface area contributed by atoms with Gasteiger partial charge in [0.1, 0.15) is 6.10 Å². The molecule has 4 nitrogen and oxygen atoms in total. The first-order valence-corrected chi connectivity index (χ1v) is 4.04. The van der Waals surface area contributed by atoms with Crippen molar-refractivity contribution in [3.05, 3.63) is 12.2 Å². The molecule has 70 valence electrons.